The number of rotatable bonds is 8. The number of nitrogens with zero attached hydrogens (tertiary/aromatic N) is 2. The first kappa shape index (κ1) is 21.4. The molecule has 5 heteroatoms. The van der Waals surface area contributed by atoms with E-state index in [9.17, 15) is 0 Å². The first-order chi connectivity index (χ1) is 11.8. The van der Waals surface area contributed by atoms with E-state index in [1.807, 2.05) is 18.2 Å². The van der Waals surface area contributed by atoms with Crippen molar-refractivity contribution in [1.29, 1.82) is 0 Å². The first-order valence-corrected chi connectivity index (χ1v) is 8.56. The van der Waals surface area contributed by atoms with Crippen molar-refractivity contribution < 1.29 is 0 Å². The van der Waals surface area contributed by atoms with Crippen molar-refractivity contribution in [3.05, 3.63) is 71.8 Å². The highest BCUT2D eigenvalue weighted by atomic mass is 127. The number of likely N-dealkylation sites (N-methyl/N-ethyl adjacent to an activating group) is 1. The first-order valence-electron chi connectivity index (χ1n) is 8.56. The van der Waals surface area contributed by atoms with Gasteiger partial charge in [-0.3, -0.25) is 0 Å². The second-order valence-electron chi connectivity index (χ2n) is 5.83. The number of hydrogen-bond acceptors (Lipinski definition) is 2. The lowest BCUT2D eigenvalue weighted by Gasteiger charge is -2.18. The van der Waals surface area contributed by atoms with E-state index in [-0.39, 0.29) is 24.0 Å². The molecule has 2 aromatic carbocycles. The Hall–Kier alpha value is -1.60. The van der Waals surface area contributed by atoms with Gasteiger partial charge in [0.25, 0.3) is 0 Å². The minimum atomic E-state index is 0. The van der Waals surface area contributed by atoms with E-state index >= 15 is 0 Å². The minimum absolute atomic E-state index is 0. The molecule has 4 nitrogen and oxygen atoms in total. The summed E-state index contributed by atoms with van der Waals surface area (Å²) in [5, 5.41) is 6.70. The van der Waals surface area contributed by atoms with Crippen LogP contribution in [0.3, 0.4) is 0 Å². The lowest BCUT2D eigenvalue weighted by Crippen LogP contribution is -2.40. The quantitative estimate of drug-likeness (QED) is 0.366. The fourth-order valence-corrected chi connectivity index (χ4v) is 2.43. The molecule has 2 aromatic rings. The van der Waals surface area contributed by atoms with Gasteiger partial charge in [-0.2, -0.15) is 0 Å². The van der Waals surface area contributed by atoms with Gasteiger partial charge in [-0.1, -0.05) is 60.7 Å². The molecular weight excluding hydrogens is 423 g/mol. The fourth-order valence-electron chi connectivity index (χ4n) is 2.43. The van der Waals surface area contributed by atoms with Gasteiger partial charge in [0.2, 0.25) is 0 Å². The predicted molar refractivity (Wildman–Crippen MR) is 117 cm³/mol. The summed E-state index contributed by atoms with van der Waals surface area (Å²) in [6.07, 6.45) is 0. The summed E-state index contributed by atoms with van der Waals surface area (Å²) in [5.41, 5.74) is 2.56. The maximum atomic E-state index is 4.64. The third-order valence-corrected chi connectivity index (χ3v) is 3.69. The molecule has 0 atom stereocenters. The zero-order valence-electron chi connectivity index (χ0n) is 15.1. The molecule has 2 N–H and O–H groups in total. The highest BCUT2D eigenvalue weighted by Gasteiger charge is 2.01. The smallest absolute Gasteiger partial charge is 0.191 e. The van der Waals surface area contributed by atoms with Crippen LogP contribution in [0.25, 0.3) is 0 Å². The van der Waals surface area contributed by atoms with Crippen LogP contribution >= 0.6 is 24.0 Å². The van der Waals surface area contributed by atoms with Crippen LogP contribution < -0.4 is 10.6 Å². The van der Waals surface area contributed by atoms with Crippen molar-refractivity contribution in [2.24, 2.45) is 4.99 Å². The molecule has 25 heavy (non-hydrogen) atoms. The van der Waals surface area contributed by atoms with Gasteiger partial charge in [-0.25, -0.2) is 4.99 Å². The van der Waals surface area contributed by atoms with E-state index in [1.54, 1.807) is 0 Å². The van der Waals surface area contributed by atoms with Crippen molar-refractivity contribution in [3.63, 3.8) is 0 Å². The molecule has 0 heterocycles. The highest BCUT2D eigenvalue weighted by Crippen LogP contribution is 2.02. The van der Waals surface area contributed by atoms with Gasteiger partial charge < -0.3 is 15.5 Å². The van der Waals surface area contributed by atoms with Gasteiger partial charge in [0.1, 0.15) is 0 Å². The summed E-state index contributed by atoms with van der Waals surface area (Å²) in [7, 11) is 2.14. The van der Waals surface area contributed by atoms with E-state index in [1.165, 1.54) is 11.1 Å². The Morgan fingerprint density at radius 1 is 0.920 bits per heavy atom. The number of nitrogens with one attached hydrogen (secondary N) is 2. The lowest BCUT2D eigenvalue weighted by atomic mass is 10.2. The standard InChI is InChI=1S/C20H28N4.HI/c1-3-21-20(23-16-18-10-6-4-7-11-18)22-14-15-24(2)17-19-12-8-5-9-13-19;/h4-13H,3,14-17H2,1-2H3,(H2,21,22,23);1H. The van der Waals surface area contributed by atoms with Crippen molar-refractivity contribution in [1.82, 2.24) is 15.5 Å². The van der Waals surface area contributed by atoms with Gasteiger partial charge in [0.05, 0.1) is 6.54 Å². The third-order valence-electron chi connectivity index (χ3n) is 3.69. The minimum Gasteiger partial charge on any atom is -0.357 e. The lowest BCUT2D eigenvalue weighted by molar-refractivity contribution is 0.331. The Kier molecular flexibility index (Phi) is 10.9. The summed E-state index contributed by atoms with van der Waals surface area (Å²) in [4.78, 5) is 6.95. The molecule has 0 radical (unpaired) electrons. The fraction of sp³-hybridized carbons (Fsp3) is 0.350. The van der Waals surface area contributed by atoms with Gasteiger partial charge in [0, 0.05) is 26.2 Å². The van der Waals surface area contributed by atoms with E-state index < -0.39 is 0 Å². The molecule has 0 aliphatic heterocycles. The summed E-state index contributed by atoms with van der Waals surface area (Å²) in [6.45, 7) is 6.42. The number of aliphatic imine (C=N–C) groups is 1. The van der Waals surface area contributed by atoms with Gasteiger partial charge >= 0.3 is 0 Å². The second-order valence-corrected chi connectivity index (χ2v) is 5.83. The van der Waals surface area contributed by atoms with Crippen LogP contribution in [-0.2, 0) is 13.1 Å². The molecule has 0 amide bonds. The summed E-state index contributed by atoms with van der Waals surface area (Å²) >= 11 is 0. The molecule has 0 saturated heterocycles. The van der Waals surface area contributed by atoms with Crippen LogP contribution in [0.2, 0.25) is 0 Å². The molecule has 0 aliphatic carbocycles. The SMILES string of the molecule is CCNC(=NCc1ccccc1)NCCN(C)Cc1ccccc1.I. The van der Waals surface area contributed by atoms with Crippen LogP contribution in [0.4, 0.5) is 0 Å². The predicted octanol–water partition coefficient (Wildman–Crippen LogP) is 3.49. The molecule has 0 fully saturated rings. The van der Waals surface area contributed by atoms with Crippen LogP contribution in [0.5, 0.6) is 0 Å². The average molecular weight is 452 g/mol. The molecule has 0 saturated carbocycles. The molecule has 2 rings (SSSR count). The Morgan fingerprint density at radius 3 is 2.12 bits per heavy atom. The van der Waals surface area contributed by atoms with Crippen molar-refractivity contribution >= 4 is 29.9 Å². The van der Waals surface area contributed by atoms with Crippen molar-refractivity contribution in [3.8, 4) is 0 Å². The van der Waals surface area contributed by atoms with Gasteiger partial charge in [-0.15, -0.1) is 24.0 Å². The Balaban J connectivity index is 0.00000312. The van der Waals surface area contributed by atoms with Gasteiger partial charge in [0.15, 0.2) is 5.96 Å². The number of halogens is 1. The van der Waals surface area contributed by atoms with E-state index in [2.05, 4.69) is 77.0 Å². The van der Waals surface area contributed by atoms with Crippen molar-refractivity contribution in [2.75, 3.05) is 26.7 Å². The zero-order chi connectivity index (χ0) is 17.0. The molecule has 0 spiro atoms. The van der Waals surface area contributed by atoms with E-state index in [0.717, 1.165) is 32.1 Å². The largest absolute Gasteiger partial charge is 0.357 e. The maximum Gasteiger partial charge on any atom is 0.191 e. The molecule has 0 unspecified atom stereocenters. The summed E-state index contributed by atoms with van der Waals surface area (Å²) < 4.78 is 0. The number of hydrogen-bond donors (Lipinski definition) is 2. The molecule has 0 aliphatic rings. The van der Waals surface area contributed by atoms with Crippen LogP contribution in [-0.4, -0.2) is 37.5 Å². The summed E-state index contributed by atoms with van der Waals surface area (Å²) in [6, 6.07) is 20.9. The Morgan fingerprint density at radius 2 is 1.52 bits per heavy atom. The molecular formula is C20H29IN4. The Labute approximate surface area is 168 Å². The van der Waals surface area contributed by atoms with Crippen molar-refractivity contribution in [2.45, 2.75) is 20.0 Å². The molecule has 0 aromatic heterocycles. The van der Waals surface area contributed by atoms with E-state index in [0.29, 0.717) is 6.54 Å². The maximum absolute atomic E-state index is 4.64. The molecule has 0 bridgehead atoms. The van der Waals surface area contributed by atoms with Gasteiger partial charge in [-0.05, 0) is 25.1 Å². The van der Waals surface area contributed by atoms with Crippen LogP contribution in [0.15, 0.2) is 65.7 Å². The number of benzene rings is 2. The second kappa shape index (κ2) is 12.7. The normalized spacial score (nSPS) is 11.1. The van der Waals surface area contributed by atoms with E-state index in [4.69, 9.17) is 0 Å². The topological polar surface area (TPSA) is 39.7 Å². The average Bonchev–Trinajstić information content (AvgIpc) is 2.61. The highest BCUT2D eigenvalue weighted by molar-refractivity contribution is 14.0. The summed E-state index contributed by atoms with van der Waals surface area (Å²) in [5.74, 6) is 0.870. The van der Waals surface area contributed by atoms with Crippen LogP contribution in [0.1, 0.15) is 18.1 Å². The third kappa shape index (κ3) is 8.88. The Bertz CT molecular complexity index is 602. The zero-order valence-corrected chi connectivity index (χ0v) is 17.4. The number of guanidine groups is 1. The van der Waals surface area contributed by atoms with Crippen LogP contribution in [0, 0.1) is 0 Å². The monoisotopic (exact) mass is 452 g/mol. The molecule has 136 valence electrons.